The first-order valence-corrected chi connectivity index (χ1v) is 8.31. The molecule has 0 aromatic heterocycles. The van der Waals surface area contributed by atoms with Crippen molar-refractivity contribution in [1.29, 1.82) is 5.26 Å². The standard InChI is InChI=1S/C12H19N3.C5H9O2.CBN.Na/c1-2-14-11-6-4-3-5-10(11)12-9-13-7-8-15-12;1-5(2,3)7-4-6;2-1-3;/h3-6,12-15H,2,7-9H2,1H3;1-3H3;;/q;-1;;+1. The van der Waals surface area contributed by atoms with Gasteiger partial charge in [-0.3, -0.25) is 0 Å². The summed E-state index contributed by atoms with van der Waals surface area (Å²) in [5.41, 5.74) is 2.25. The number of nitrogens with one attached hydrogen (secondary N) is 3. The first-order chi connectivity index (χ1) is 11.9. The van der Waals surface area contributed by atoms with E-state index in [-0.39, 0.29) is 35.2 Å². The van der Waals surface area contributed by atoms with Crippen LogP contribution in [0, 0.1) is 11.2 Å². The van der Waals surface area contributed by atoms with Crippen LogP contribution in [0.2, 0.25) is 0 Å². The number of hydrogen-bond acceptors (Lipinski definition) is 6. The fraction of sp³-hybridized carbons (Fsp3) is 0.556. The topological polar surface area (TPSA) is 86.2 Å². The van der Waals surface area contributed by atoms with E-state index < -0.39 is 0 Å². The molecule has 26 heavy (non-hydrogen) atoms. The Morgan fingerprint density at radius 2 is 2.00 bits per heavy atom. The predicted molar refractivity (Wildman–Crippen MR) is 102 cm³/mol. The minimum Gasteiger partial charge on any atom is -0.649 e. The molecule has 1 heterocycles. The Bertz CT molecular complexity index is 527. The fourth-order valence-corrected chi connectivity index (χ4v) is 2.15. The average molecular weight is 366 g/mol. The fourth-order valence-electron chi connectivity index (χ4n) is 2.15. The van der Waals surface area contributed by atoms with Gasteiger partial charge < -0.3 is 25.5 Å². The number of benzene rings is 1. The van der Waals surface area contributed by atoms with E-state index in [1.807, 2.05) is 0 Å². The second kappa shape index (κ2) is 16.2. The van der Waals surface area contributed by atoms with Crippen LogP contribution in [0.3, 0.4) is 0 Å². The number of nitriles is 1. The van der Waals surface area contributed by atoms with Gasteiger partial charge >= 0.3 is 29.6 Å². The summed E-state index contributed by atoms with van der Waals surface area (Å²) in [6.45, 7) is 13.0. The van der Waals surface area contributed by atoms with E-state index >= 15 is 0 Å². The molecule has 2 radical (unpaired) electrons. The van der Waals surface area contributed by atoms with Crippen LogP contribution in [0.4, 0.5) is 5.69 Å². The van der Waals surface area contributed by atoms with Crippen molar-refractivity contribution >= 4 is 20.0 Å². The van der Waals surface area contributed by atoms with E-state index in [4.69, 9.17) is 5.26 Å². The molecule has 0 saturated carbocycles. The summed E-state index contributed by atoms with van der Waals surface area (Å²) in [4.78, 5) is 9.47. The number of ether oxygens (including phenoxy) is 1. The Labute approximate surface area is 181 Å². The molecule has 1 aliphatic rings. The predicted octanol–water partition coefficient (Wildman–Crippen LogP) is -1.14. The maximum atomic E-state index is 9.47. The third-order valence-electron chi connectivity index (χ3n) is 3.09. The molecule has 1 aromatic rings. The molecule has 2 rings (SSSR count). The van der Waals surface area contributed by atoms with E-state index in [2.05, 4.69) is 59.7 Å². The second-order valence-electron chi connectivity index (χ2n) is 6.26. The van der Waals surface area contributed by atoms with Crippen molar-refractivity contribution in [2.24, 2.45) is 0 Å². The second-order valence-corrected chi connectivity index (χ2v) is 6.26. The molecule has 8 heteroatoms. The number of para-hydroxylation sites is 1. The first-order valence-electron chi connectivity index (χ1n) is 8.31. The summed E-state index contributed by atoms with van der Waals surface area (Å²) >= 11 is 0. The molecule has 1 aliphatic heterocycles. The van der Waals surface area contributed by atoms with Gasteiger partial charge in [-0.1, -0.05) is 24.7 Å². The average Bonchev–Trinajstić information content (AvgIpc) is 2.57. The molecule has 1 atom stereocenters. The number of nitrogens with zero attached hydrogens (tertiary/aromatic N) is 1. The maximum Gasteiger partial charge on any atom is 1.00 e. The zero-order valence-electron chi connectivity index (χ0n) is 16.6. The molecular weight excluding hydrogens is 338 g/mol. The molecule has 0 amide bonds. The van der Waals surface area contributed by atoms with E-state index in [9.17, 15) is 4.79 Å². The van der Waals surface area contributed by atoms with Gasteiger partial charge in [0.2, 0.25) is 7.85 Å². The number of anilines is 1. The van der Waals surface area contributed by atoms with E-state index in [1.54, 1.807) is 20.8 Å². The molecule has 1 fully saturated rings. The Balaban J connectivity index is 0. The third kappa shape index (κ3) is 13.2. The Kier molecular flexibility index (Phi) is 16.9. The van der Waals surface area contributed by atoms with Crippen molar-refractivity contribution in [2.45, 2.75) is 39.3 Å². The van der Waals surface area contributed by atoms with Crippen molar-refractivity contribution in [1.82, 2.24) is 10.6 Å². The van der Waals surface area contributed by atoms with Crippen molar-refractivity contribution in [3.63, 3.8) is 0 Å². The smallest absolute Gasteiger partial charge is 0.649 e. The van der Waals surface area contributed by atoms with Crippen LogP contribution in [0.1, 0.15) is 39.3 Å². The maximum absolute atomic E-state index is 9.47. The monoisotopic (exact) mass is 366 g/mol. The summed E-state index contributed by atoms with van der Waals surface area (Å²) in [7, 11) is 4.15. The van der Waals surface area contributed by atoms with E-state index in [0.717, 1.165) is 26.2 Å². The molecule has 3 N–H and O–H groups in total. The normalized spacial score (nSPS) is 15.4. The minimum absolute atomic E-state index is 0. The Hall–Kier alpha value is -1.04. The van der Waals surface area contributed by atoms with Crippen LogP contribution < -0.4 is 45.5 Å². The van der Waals surface area contributed by atoms with Gasteiger partial charge in [-0.2, -0.15) is 0 Å². The van der Waals surface area contributed by atoms with Crippen molar-refractivity contribution < 1.29 is 39.1 Å². The first kappa shape index (κ1) is 27.2. The van der Waals surface area contributed by atoms with Gasteiger partial charge in [0.15, 0.2) is 0 Å². The summed E-state index contributed by atoms with van der Waals surface area (Å²) in [5.74, 6) is 1.25. The summed E-state index contributed by atoms with van der Waals surface area (Å²) in [5, 5.41) is 17.4. The molecule has 0 spiro atoms. The zero-order chi connectivity index (χ0) is 19.1. The summed E-state index contributed by atoms with van der Waals surface area (Å²) < 4.78 is 4.42. The number of piperazine rings is 1. The van der Waals surface area contributed by atoms with Crippen LogP contribution in [0.15, 0.2) is 24.3 Å². The molecule has 136 valence electrons. The van der Waals surface area contributed by atoms with Crippen molar-refractivity contribution in [3.05, 3.63) is 29.8 Å². The van der Waals surface area contributed by atoms with Crippen molar-refractivity contribution in [2.75, 3.05) is 31.5 Å². The Morgan fingerprint density at radius 3 is 2.42 bits per heavy atom. The van der Waals surface area contributed by atoms with E-state index in [0.29, 0.717) is 6.04 Å². The summed E-state index contributed by atoms with van der Waals surface area (Å²) in [6, 6.07) is 8.97. The quantitative estimate of drug-likeness (QED) is 0.462. The molecular formula is C18H28BN4NaO2. The van der Waals surface area contributed by atoms with Gasteiger partial charge in [0, 0.05) is 37.9 Å². The van der Waals surface area contributed by atoms with Crippen LogP contribution in [-0.2, 0) is 9.53 Å². The Morgan fingerprint density at radius 1 is 1.38 bits per heavy atom. The van der Waals surface area contributed by atoms with Gasteiger partial charge in [-0.25, -0.2) is 5.26 Å². The number of carbonyl (C=O) groups excluding carboxylic acids is 1. The molecule has 0 bridgehead atoms. The molecule has 6 nitrogen and oxygen atoms in total. The van der Waals surface area contributed by atoms with Crippen LogP contribution in [0.5, 0.6) is 0 Å². The van der Waals surface area contributed by atoms with Gasteiger partial charge in [0.05, 0.1) is 5.60 Å². The third-order valence-corrected chi connectivity index (χ3v) is 3.09. The van der Waals surface area contributed by atoms with Crippen LogP contribution >= 0.6 is 0 Å². The zero-order valence-corrected chi connectivity index (χ0v) is 18.6. The minimum atomic E-state index is -0.373. The van der Waals surface area contributed by atoms with Crippen LogP contribution in [-0.4, -0.2) is 46.1 Å². The van der Waals surface area contributed by atoms with Crippen molar-refractivity contribution in [3.8, 4) is 5.97 Å². The van der Waals surface area contributed by atoms with Gasteiger partial charge in [0.25, 0.3) is 0 Å². The largest absolute Gasteiger partial charge is 1.00 e. The molecule has 1 aromatic carbocycles. The van der Waals surface area contributed by atoms with Crippen LogP contribution in [0.25, 0.3) is 0 Å². The SMILES string of the molecule is CC(C)(C)O[C-]=O.CCNc1ccccc1C1CNCCN1.[B]C#N.[Na+]. The molecule has 1 unspecified atom stereocenters. The van der Waals surface area contributed by atoms with E-state index in [1.165, 1.54) is 23.7 Å². The number of rotatable bonds is 4. The van der Waals surface area contributed by atoms with Gasteiger partial charge in [-0.05, 0) is 45.3 Å². The molecule has 0 aliphatic carbocycles. The number of hydrogen-bond donors (Lipinski definition) is 3. The van der Waals surface area contributed by atoms with Gasteiger partial charge in [0.1, 0.15) is 0 Å². The molecule has 1 saturated heterocycles. The van der Waals surface area contributed by atoms with Gasteiger partial charge in [-0.15, -0.1) is 0 Å². The summed E-state index contributed by atoms with van der Waals surface area (Å²) in [6.07, 6.45) is 0.